The normalized spacial score (nSPS) is 14.0. The summed E-state index contributed by atoms with van der Waals surface area (Å²) in [4.78, 5) is 14.3. The number of rotatable bonds is 9. The van der Waals surface area contributed by atoms with Gasteiger partial charge in [-0.05, 0) is 67.6 Å². The summed E-state index contributed by atoms with van der Waals surface area (Å²) in [6, 6.07) is 10.2. The molecule has 2 N–H and O–H groups in total. The Labute approximate surface area is 184 Å². The second-order valence-electron chi connectivity index (χ2n) is 7.67. The van der Waals surface area contributed by atoms with Gasteiger partial charge in [-0.2, -0.15) is 0 Å². The molecule has 0 bridgehead atoms. The summed E-state index contributed by atoms with van der Waals surface area (Å²) in [5, 5.41) is 9.81. The van der Waals surface area contributed by atoms with Crippen molar-refractivity contribution in [3.63, 3.8) is 0 Å². The lowest BCUT2D eigenvalue weighted by Crippen LogP contribution is -2.22. The molecule has 0 aliphatic heterocycles. The Hall–Kier alpha value is -2.64. The number of hydrogen-bond acceptors (Lipinski definition) is 4. The molecular formula is C24H30N2O4S. The fraction of sp³-hybridized carbons (Fsp3) is 0.375. The standard InChI is InChI=1S/C24H30N2O4S/c1-3-26(4-2)17-9-12-19-11-6-8-14-22(19)31(29,30)25-21-16-15-18-10-5-7-13-20(18)23(21)24(27)28/h6,8-9,11-12,14-16,25H,3-5,7,10,13,17H2,1-2H3,(H,27,28)/b12-9-. The average Bonchev–Trinajstić information content (AvgIpc) is 2.76. The predicted octanol–water partition coefficient (Wildman–Crippen LogP) is 4.42. The van der Waals surface area contributed by atoms with Crippen LogP contribution in [0.3, 0.4) is 0 Å². The van der Waals surface area contributed by atoms with Crippen LogP contribution in [0.25, 0.3) is 6.08 Å². The van der Waals surface area contributed by atoms with Crippen molar-refractivity contribution < 1.29 is 18.3 Å². The van der Waals surface area contributed by atoms with E-state index >= 15 is 0 Å². The minimum Gasteiger partial charge on any atom is -0.478 e. The van der Waals surface area contributed by atoms with Crippen molar-refractivity contribution in [1.29, 1.82) is 0 Å². The molecule has 0 amide bonds. The Morgan fingerprint density at radius 2 is 1.81 bits per heavy atom. The molecular weight excluding hydrogens is 412 g/mol. The van der Waals surface area contributed by atoms with Crippen LogP contribution >= 0.6 is 0 Å². The van der Waals surface area contributed by atoms with Gasteiger partial charge in [0, 0.05) is 6.54 Å². The van der Waals surface area contributed by atoms with E-state index < -0.39 is 16.0 Å². The SMILES string of the molecule is CCN(CC)C/C=C\c1ccccc1S(=O)(=O)Nc1ccc2c(c1C(=O)O)CCCC2. The Balaban J connectivity index is 1.94. The number of nitrogens with one attached hydrogen (secondary N) is 1. The zero-order valence-corrected chi connectivity index (χ0v) is 18.9. The number of carboxylic acids is 1. The number of anilines is 1. The average molecular weight is 443 g/mol. The number of hydrogen-bond donors (Lipinski definition) is 2. The van der Waals surface area contributed by atoms with E-state index in [-0.39, 0.29) is 16.1 Å². The molecule has 3 rings (SSSR count). The van der Waals surface area contributed by atoms with Gasteiger partial charge in [0.25, 0.3) is 10.0 Å². The smallest absolute Gasteiger partial charge is 0.338 e. The highest BCUT2D eigenvalue weighted by atomic mass is 32.2. The quantitative estimate of drug-likeness (QED) is 0.600. The van der Waals surface area contributed by atoms with Crippen molar-refractivity contribution in [2.45, 2.75) is 44.4 Å². The molecule has 31 heavy (non-hydrogen) atoms. The fourth-order valence-electron chi connectivity index (χ4n) is 4.03. The number of carbonyl (C=O) groups is 1. The summed E-state index contributed by atoms with van der Waals surface area (Å²) < 4.78 is 29.0. The van der Waals surface area contributed by atoms with Crippen LogP contribution in [0.4, 0.5) is 5.69 Å². The third-order valence-electron chi connectivity index (χ3n) is 5.75. The van der Waals surface area contributed by atoms with E-state index in [4.69, 9.17) is 0 Å². The number of benzene rings is 2. The second-order valence-corrected chi connectivity index (χ2v) is 9.32. The zero-order chi connectivity index (χ0) is 22.4. The molecule has 6 nitrogen and oxygen atoms in total. The minimum atomic E-state index is -3.97. The summed E-state index contributed by atoms with van der Waals surface area (Å²) >= 11 is 0. The van der Waals surface area contributed by atoms with Crippen molar-refractivity contribution >= 4 is 27.8 Å². The topological polar surface area (TPSA) is 86.7 Å². The second kappa shape index (κ2) is 10.1. The number of fused-ring (bicyclic) bond motifs is 1. The first kappa shape index (κ1) is 23.0. The molecule has 0 atom stereocenters. The largest absolute Gasteiger partial charge is 0.478 e. The number of sulfonamides is 1. The van der Waals surface area contributed by atoms with Crippen molar-refractivity contribution in [3.05, 3.63) is 64.7 Å². The van der Waals surface area contributed by atoms with Crippen LogP contribution in [0.2, 0.25) is 0 Å². The maximum absolute atomic E-state index is 13.2. The van der Waals surface area contributed by atoms with E-state index in [0.717, 1.165) is 50.0 Å². The molecule has 0 fully saturated rings. The number of aromatic carboxylic acids is 1. The van der Waals surface area contributed by atoms with Crippen LogP contribution in [0.5, 0.6) is 0 Å². The maximum Gasteiger partial charge on any atom is 0.338 e. The third-order valence-corrected chi connectivity index (χ3v) is 7.19. The molecule has 1 aliphatic carbocycles. The van der Waals surface area contributed by atoms with Gasteiger partial charge in [0.1, 0.15) is 0 Å². The van der Waals surface area contributed by atoms with Gasteiger partial charge in [-0.3, -0.25) is 4.72 Å². The monoisotopic (exact) mass is 442 g/mol. The lowest BCUT2D eigenvalue weighted by Gasteiger charge is -2.21. The van der Waals surface area contributed by atoms with Crippen LogP contribution in [-0.2, 0) is 22.9 Å². The van der Waals surface area contributed by atoms with Crippen molar-refractivity contribution in [3.8, 4) is 0 Å². The van der Waals surface area contributed by atoms with Crippen molar-refractivity contribution in [2.24, 2.45) is 0 Å². The number of aryl methyl sites for hydroxylation is 1. The van der Waals surface area contributed by atoms with Gasteiger partial charge in [-0.15, -0.1) is 0 Å². The van der Waals surface area contributed by atoms with Gasteiger partial charge in [-0.1, -0.05) is 50.3 Å². The van der Waals surface area contributed by atoms with Crippen LogP contribution in [-0.4, -0.2) is 44.0 Å². The number of likely N-dealkylation sites (N-methyl/N-ethyl adjacent to an activating group) is 1. The first-order valence-electron chi connectivity index (χ1n) is 10.8. The summed E-state index contributed by atoms with van der Waals surface area (Å²) in [6.45, 7) is 6.72. The third kappa shape index (κ3) is 5.35. The van der Waals surface area contributed by atoms with Crippen molar-refractivity contribution in [2.75, 3.05) is 24.4 Å². The maximum atomic E-state index is 13.2. The summed E-state index contributed by atoms with van der Waals surface area (Å²) in [5.41, 5.74) is 2.49. The van der Waals surface area contributed by atoms with E-state index in [1.165, 1.54) is 6.07 Å². The van der Waals surface area contributed by atoms with Gasteiger partial charge in [-0.25, -0.2) is 13.2 Å². The summed E-state index contributed by atoms with van der Waals surface area (Å²) in [5.74, 6) is -1.11. The Kier molecular flexibility index (Phi) is 7.51. The van der Waals surface area contributed by atoms with Crippen LogP contribution in [0.15, 0.2) is 47.4 Å². The van der Waals surface area contributed by atoms with Gasteiger partial charge >= 0.3 is 5.97 Å². The summed E-state index contributed by atoms with van der Waals surface area (Å²) in [7, 11) is -3.97. The number of nitrogens with zero attached hydrogens (tertiary/aromatic N) is 1. The van der Waals surface area contributed by atoms with Gasteiger partial charge in [0.15, 0.2) is 0 Å². The fourth-order valence-corrected chi connectivity index (χ4v) is 5.30. The predicted molar refractivity (Wildman–Crippen MR) is 124 cm³/mol. The molecule has 0 unspecified atom stereocenters. The Bertz CT molecular complexity index is 1070. The van der Waals surface area contributed by atoms with E-state index in [0.29, 0.717) is 12.0 Å². The van der Waals surface area contributed by atoms with Crippen LogP contribution in [0.1, 0.15) is 53.7 Å². The molecule has 0 spiro atoms. The first-order chi connectivity index (χ1) is 14.9. The van der Waals surface area contributed by atoms with E-state index in [2.05, 4.69) is 23.5 Å². The zero-order valence-electron chi connectivity index (χ0n) is 18.1. The van der Waals surface area contributed by atoms with E-state index in [1.54, 1.807) is 30.3 Å². The van der Waals surface area contributed by atoms with Crippen molar-refractivity contribution in [1.82, 2.24) is 4.90 Å². The molecule has 0 heterocycles. The molecule has 1 aliphatic rings. The van der Waals surface area contributed by atoms with Gasteiger partial charge in [0.2, 0.25) is 0 Å². The highest BCUT2D eigenvalue weighted by Gasteiger charge is 2.25. The molecule has 2 aromatic rings. The molecule has 2 aromatic carbocycles. The highest BCUT2D eigenvalue weighted by Crippen LogP contribution is 2.31. The molecule has 7 heteroatoms. The number of carboxylic acid groups (broad SMARTS) is 1. The minimum absolute atomic E-state index is 0.0651. The lowest BCUT2D eigenvalue weighted by molar-refractivity contribution is 0.0696. The van der Waals surface area contributed by atoms with Crippen LogP contribution < -0.4 is 4.72 Å². The first-order valence-corrected chi connectivity index (χ1v) is 12.2. The molecule has 166 valence electrons. The molecule has 0 radical (unpaired) electrons. The van der Waals surface area contributed by atoms with Gasteiger partial charge in [0.05, 0.1) is 16.1 Å². The Morgan fingerprint density at radius 3 is 2.52 bits per heavy atom. The molecule has 0 saturated carbocycles. The van der Waals surface area contributed by atoms with E-state index in [9.17, 15) is 18.3 Å². The highest BCUT2D eigenvalue weighted by molar-refractivity contribution is 7.92. The molecule has 0 aromatic heterocycles. The van der Waals surface area contributed by atoms with Gasteiger partial charge < -0.3 is 10.0 Å². The molecule has 0 saturated heterocycles. The van der Waals surface area contributed by atoms with E-state index in [1.807, 2.05) is 12.1 Å². The Morgan fingerprint density at radius 1 is 1.10 bits per heavy atom. The summed E-state index contributed by atoms with van der Waals surface area (Å²) in [6.07, 6.45) is 7.15. The van der Waals surface area contributed by atoms with Crippen LogP contribution in [0, 0.1) is 0 Å². The lowest BCUT2D eigenvalue weighted by atomic mass is 9.87.